The molecule has 0 amide bonds. The van der Waals surface area contributed by atoms with Crippen LogP contribution in [0.5, 0.6) is 0 Å². The van der Waals surface area contributed by atoms with E-state index in [2.05, 4.69) is 12.0 Å². The molecular formula is C14H22N2O. The maximum Gasteiger partial charge on any atom is 0.169 e. The third kappa shape index (κ3) is 2.28. The summed E-state index contributed by atoms with van der Waals surface area (Å²) in [5, 5.41) is 4.34. The largest absolute Gasteiger partial charge is 0.294 e. The van der Waals surface area contributed by atoms with Crippen LogP contribution in [0, 0.1) is 25.7 Å². The molecule has 2 rings (SSSR count). The molecule has 1 aromatic rings. The highest BCUT2D eigenvalue weighted by Crippen LogP contribution is 2.32. The predicted octanol–water partition coefficient (Wildman–Crippen LogP) is 3.05. The Balaban J connectivity index is 2.24. The maximum absolute atomic E-state index is 12.5. The molecule has 3 heteroatoms. The van der Waals surface area contributed by atoms with E-state index >= 15 is 0 Å². The second kappa shape index (κ2) is 4.63. The summed E-state index contributed by atoms with van der Waals surface area (Å²) in [6, 6.07) is 0. The molecule has 1 aliphatic carbocycles. The second-order valence-corrected chi connectivity index (χ2v) is 5.50. The summed E-state index contributed by atoms with van der Waals surface area (Å²) in [5.74, 6) is 1.23. The van der Waals surface area contributed by atoms with Crippen molar-refractivity contribution in [1.29, 1.82) is 0 Å². The summed E-state index contributed by atoms with van der Waals surface area (Å²) in [6.45, 7) is 6.17. The molecule has 0 aliphatic heterocycles. The quantitative estimate of drug-likeness (QED) is 0.737. The molecule has 0 N–H and O–H groups in total. The van der Waals surface area contributed by atoms with Gasteiger partial charge < -0.3 is 0 Å². The van der Waals surface area contributed by atoms with E-state index in [1.165, 1.54) is 12.8 Å². The summed E-state index contributed by atoms with van der Waals surface area (Å²) in [6.07, 6.45) is 4.56. The minimum absolute atomic E-state index is 0.223. The third-order valence-corrected chi connectivity index (χ3v) is 4.06. The smallest absolute Gasteiger partial charge is 0.169 e. The van der Waals surface area contributed by atoms with Gasteiger partial charge in [0.25, 0.3) is 0 Å². The highest BCUT2D eigenvalue weighted by molar-refractivity contribution is 5.99. The Morgan fingerprint density at radius 1 is 1.35 bits per heavy atom. The summed E-state index contributed by atoms with van der Waals surface area (Å²) in [4.78, 5) is 12.5. The first-order valence-corrected chi connectivity index (χ1v) is 6.55. The van der Waals surface area contributed by atoms with Crippen molar-refractivity contribution in [1.82, 2.24) is 9.78 Å². The van der Waals surface area contributed by atoms with E-state index in [9.17, 15) is 4.79 Å². The van der Waals surface area contributed by atoms with Crippen molar-refractivity contribution in [3.05, 3.63) is 17.0 Å². The third-order valence-electron chi connectivity index (χ3n) is 4.06. The lowest BCUT2D eigenvalue weighted by Crippen LogP contribution is -2.22. The van der Waals surface area contributed by atoms with Crippen LogP contribution in [0.25, 0.3) is 0 Å². The molecule has 3 nitrogen and oxygen atoms in total. The zero-order chi connectivity index (χ0) is 12.6. The van der Waals surface area contributed by atoms with Crippen LogP contribution in [-0.2, 0) is 7.05 Å². The lowest BCUT2D eigenvalue weighted by atomic mass is 9.78. The normalized spacial score (nSPS) is 24.9. The Bertz CT molecular complexity index is 434. The minimum Gasteiger partial charge on any atom is -0.294 e. The van der Waals surface area contributed by atoms with E-state index < -0.39 is 0 Å². The fourth-order valence-electron chi connectivity index (χ4n) is 3.01. The number of rotatable bonds is 2. The van der Waals surface area contributed by atoms with E-state index in [4.69, 9.17) is 0 Å². The Morgan fingerprint density at radius 2 is 2.06 bits per heavy atom. The zero-order valence-electron chi connectivity index (χ0n) is 11.3. The molecule has 1 saturated carbocycles. The number of ketones is 1. The van der Waals surface area contributed by atoms with Gasteiger partial charge >= 0.3 is 0 Å². The zero-order valence-corrected chi connectivity index (χ0v) is 11.3. The van der Waals surface area contributed by atoms with Gasteiger partial charge in [-0.3, -0.25) is 9.48 Å². The van der Waals surface area contributed by atoms with Crippen LogP contribution in [0.2, 0.25) is 0 Å². The molecule has 94 valence electrons. The lowest BCUT2D eigenvalue weighted by molar-refractivity contribution is 0.0867. The van der Waals surface area contributed by atoms with Gasteiger partial charge in [0.2, 0.25) is 0 Å². The van der Waals surface area contributed by atoms with E-state index in [0.29, 0.717) is 11.7 Å². The molecule has 0 bridgehead atoms. The summed E-state index contributed by atoms with van der Waals surface area (Å²) >= 11 is 0. The molecule has 1 aromatic heterocycles. The van der Waals surface area contributed by atoms with Crippen LogP contribution in [0.4, 0.5) is 0 Å². The number of hydrogen-bond donors (Lipinski definition) is 0. The van der Waals surface area contributed by atoms with Crippen LogP contribution in [-0.4, -0.2) is 15.6 Å². The van der Waals surface area contributed by atoms with E-state index in [1.54, 1.807) is 0 Å². The fraction of sp³-hybridized carbons (Fsp3) is 0.714. The Kier molecular flexibility index (Phi) is 3.36. The van der Waals surface area contributed by atoms with E-state index in [-0.39, 0.29) is 5.92 Å². The molecule has 0 radical (unpaired) electrons. The molecule has 17 heavy (non-hydrogen) atoms. The number of hydrogen-bond acceptors (Lipinski definition) is 2. The summed E-state index contributed by atoms with van der Waals surface area (Å²) < 4.78 is 1.81. The number of nitrogens with zero attached hydrogens (tertiary/aromatic N) is 2. The average molecular weight is 234 g/mol. The van der Waals surface area contributed by atoms with Crippen LogP contribution < -0.4 is 0 Å². The first kappa shape index (κ1) is 12.3. The highest BCUT2D eigenvalue weighted by atomic mass is 16.1. The van der Waals surface area contributed by atoms with Crippen LogP contribution in [0.15, 0.2) is 0 Å². The van der Waals surface area contributed by atoms with Crippen molar-refractivity contribution in [3.63, 3.8) is 0 Å². The van der Waals surface area contributed by atoms with E-state index in [1.807, 2.05) is 25.6 Å². The molecule has 1 heterocycles. The fourth-order valence-corrected chi connectivity index (χ4v) is 3.01. The van der Waals surface area contributed by atoms with Gasteiger partial charge in [-0.05, 0) is 32.6 Å². The molecule has 1 fully saturated rings. The molecule has 2 atom stereocenters. The van der Waals surface area contributed by atoms with Gasteiger partial charge in [0, 0.05) is 18.7 Å². The standard InChI is InChI=1S/C14H22N2O/c1-9-6-5-7-12(8-9)14(17)13-10(2)15-16(4)11(13)3/h9,12H,5-8H2,1-4H3. The number of aromatic nitrogens is 2. The highest BCUT2D eigenvalue weighted by Gasteiger charge is 2.29. The summed E-state index contributed by atoms with van der Waals surface area (Å²) in [7, 11) is 1.91. The van der Waals surface area contributed by atoms with Crippen molar-refractivity contribution in [3.8, 4) is 0 Å². The topological polar surface area (TPSA) is 34.9 Å². The van der Waals surface area contributed by atoms with Crippen LogP contribution in [0.3, 0.4) is 0 Å². The van der Waals surface area contributed by atoms with Crippen molar-refractivity contribution >= 4 is 5.78 Å². The van der Waals surface area contributed by atoms with Crippen molar-refractivity contribution in [2.45, 2.75) is 46.5 Å². The molecule has 0 spiro atoms. The van der Waals surface area contributed by atoms with Gasteiger partial charge in [0.05, 0.1) is 11.3 Å². The number of aryl methyl sites for hydroxylation is 2. The van der Waals surface area contributed by atoms with Gasteiger partial charge in [-0.2, -0.15) is 5.10 Å². The molecule has 0 aromatic carbocycles. The lowest BCUT2D eigenvalue weighted by Gasteiger charge is -2.25. The Labute approximate surface area is 103 Å². The molecule has 2 unspecified atom stereocenters. The van der Waals surface area contributed by atoms with Crippen molar-refractivity contribution in [2.75, 3.05) is 0 Å². The number of carbonyl (C=O) groups excluding carboxylic acids is 1. The van der Waals surface area contributed by atoms with Gasteiger partial charge in [-0.1, -0.05) is 19.8 Å². The van der Waals surface area contributed by atoms with Gasteiger partial charge in [0.1, 0.15) is 0 Å². The first-order chi connectivity index (χ1) is 8.00. The minimum atomic E-state index is 0.223. The number of Topliss-reactive ketones (excluding diaryl/α,β-unsaturated/α-hetero) is 1. The molecule has 1 aliphatic rings. The SMILES string of the molecule is Cc1nn(C)c(C)c1C(=O)C1CCCC(C)C1. The average Bonchev–Trinajstić information content (AvgIpc) is 2.52. The van der Waals surface area contributed by atoms with Crippen molar-refractivity contribution < 1.29 is 4.79 Å². The molecular weight excluding hydrogens is 212 g/mol. The van der Waals surface area contributed by atoms with Crippen molar-refractivity contribution in [2.24, 2.45) is 18.9 Å². The van der Waals surface area contributed by atoms with Gasteiger partial charge in [-0.25, -0.2) is 0 Å². The number of carbonyl (C=O) groups is 1. The van der Waals surface area contributed by atoms with Crippen LogP contribution >= 0.6 is 0 Å². The van der Waals surface area contributed by atoms with Gasteiger partial charge in [-0.15, -0.1) is 0 Å². The predicted molar refractivity (Wildman–Crippen MR) is 68.1 cm³/mol. The Morgan fingerprint density at radius 3 is 2.59 bits per heavy atom. The van der Waals surface area contributed by atoms with Gasteiger partial charge in [0.15, 0.2) is 5.78 Å². The van der Waals surface area contributed by atoms with E-state index in [0.717, 1.165) is 29.8 Å². The van der Waals surface area contributed by atoms with Crippen LogP contribution in [0.1, 0.15) is 54.4 Å². The molecule has 0 saturated heterocycles. The summed E-state index contributed by atoms with van der Waals surface area (Å²) in [5.41, 5.74) is 2.76. The monoisotopic (exact) mass is 234 g/mol. The first-order valence-electron chi connectivity index (χ1n) is 6.55. The maximum atomic E-state index is 12.5. The second-order valence-electron chi connectivity index (χ2n) is 5.50. The Hall–Kier alpha value is -1.12.